The molecule has 0 aliphatic carbocycles. The average Bonchev–Trinajstić information content (AvgIpc) is 3.25. The van der Waals surface area contributed by atoms with Gasteiger partial charge in [0.05, 0.1) is 24.6 Å². The zero-order chi connectivity index (χ0) is 20.3. The first-order valence-electron chi connectivity index (χ1n) is 8.21. The van der Waals surface area contributed by atoms with Crippen molar-refractivity contribution in [3.8, 4) is 11.3 Å². The summed E-state index contributed by atoms with van der Waals surface area (Å²) in [7, 11) is 1.30. The smallest absolute Gasteiger partial charge is 0.341 e. The predicted molar refractivity (Wildman–Crippen MR) is 106 cm³/mol. The molecule has 0 atom stereocenters. The molecule has 0 bridgehead atoms. The van der Waals surface area contributed by atoms with Gasteiger partial charge in [0, 0.05) is 10.4 Å². The Morgan fingerprint density at radius 1 is 1.29 bits per heavy atom. The van der Waals surface area contributed by atoms with E-state index in [1.165, 1.54) is 36.8 Å². The van der Waals surface area contributed by atoms with E-state index in [1.807, 2.05) is 13.8 Å². The van der Waals surface area contributed by atoms with Gasteiger partial charge in [-0.15, -0.1) is 11.3 Å². The summed E-state index contributed by atoms with van der Waals surface area (Å²) in [5, 5.41) is 3.53. The zero-order valence-electron chi connectivity index (χ0n) is 15.4. The number of amides is 1. The van der Waals surface area contributed by atoms with Crippen LogP contribution in [0.1, 0.15) is 20.8 Å². The van der Waals surface area contributed by atoms with Gasteiger partial charge < -0.3 is 14.5 Å². The molecule has 9 heteroatoms. The van der Waals surface area contributed by atoms with Crippen molar-refractivity contribution >= 4 is 40.0 Å². The third-order valence-corrected chi connectivity index (χ3v) is 5.93. The molecule has 0 unspecified atom stereocenters. The molecular formula is C19H17FN2O4S2. The van der Waals surface area contributed by atoms with Gasteiger partial charge in [-0.1, -0.05) is 11.8 Å². The summed E-state index contributed by atoms with van der Waals surface area (Å²) >= 11 is 2.45. The number of rotatable bonds is 6. The number of methoxy groups -OCH3 is 1. The van der Waals surface area contributed by atoms with Crippen molar-refractivity contribution in [2.75, 3.05) is 18.2 Å². The van der Waals surface area contributed by atoms with Crippen molar-refractivity contribution in [2.24, 2.45) is 0 Å². The molecule has 3 rings (SSSR count). The minimum atomic E-state index is -0.485. The van der Waals surface area contributed by atoms with Crippen molar-refractivity contribution in [3.63, 3.8) is 0 Å². The van der Waals surface area contributed by atoms with Crippen molar-refractivity contribution < 1.29 is 23.1 Å². The highest BCUT2D eigenvalue weighted by Gasteiger charge is 2.21. The summed E-state index contributed by atoms with van der Waals surface area (Å²) in [6, 6.07) is 5.85. The molecule has 1 N–H and O–H groups in total. The summed E-state index contributed by atoms with van der Waals surface area (Å²) in [6.45, 7) is 3.69. The Morgan fingerprint density at radius 2 is 2.00 bits per heavy atom. The fourth-order valence-electron chi connectivity index (χ4n) is 2.43. The van der Waals surface area contributed by atoms with Gasteiger partial charge in [-0.2, -0.15) is 0 Å². The molecule has 0 aliphatic rings. The van der Waals surface area contributed by atoms with Crippen LogP contribution in [-0.2, 0) is 9.53 Å². The van der Waals surface area contributed by atoms with Crippen LogP contribution in [0.4, 0.5) is 9.39 Å². The van der Waals surface area contributed by atoms with Crippen LogP contribution in [0.25, 0.3) is 11.3 Å². The van der Waals surface area contributed by atoms with Crippen molar-refractivity contribution in [1.82, 2.24) is 4.98 Å². The highest BCUT2D eigenvalue weighted by Crippen LogP contribution is 2.33. The van der Waals surface area contributed by atoms with Gasteiger partial charge in [0.25, 0.3) is 5.22 Å². The number of hydrogen-bond donors (Lipinski definition) is 1. The first kappa shape index (κ1) is 20.1. The van der Waals surface area contributed by atoms with E-state index in [0.29, 0.717) is 27.1 Å². The monoisotopic (exact) mass is 420 g/mol. The number of benzene rings is 1. The lowest BCUT2D eigenvalue weighted by atomic mass is 10.1. The molecule has 0 radical (unpaired) electrons. The van der Waals surface area contributed by atoms with Crippen LogP contribution in [0.3, 0.4) is 0 Å². The number of esters is 1. The number of ether oxygens (including phenoxy) is 1. The number of halogens is 1. The SMILES string of the molecule is COC(=O)c1c(NC(=O)CSc2ncc(-c3ccc(F)cc3)o2)sc(C)c1C. The summed E-state index contributed by atoms with van der Waals surface area (Å²) in [5.41, 5.74) is 1.85. The van der Waals surface area contributed by atoms with E-state index in [1.54, 1.807) is 12.1 Å². The number of oxazole rings is 1. The number of carbonyl (C=O) groups is 2. The summed E-state index contributed by atoms with van der Waals surface area (Å²) < 4.78 is 23.4. The summed E-state index contributed by atoms with van der Waals surface area (Å²) in [6.07, 6.45) is 1.52. The Labute approximate surface area is 169 Å². The second-order valence-electron chi connectivity index (χ2n) is 5.81. The van der Waals surface area contributed by atoms with Crippen LogP contribution in [-0.4, -0.2) is 29.7 Å². The number of carbonyl (C=O) groups excluding carboxylic acids is 2. The van der Waals surface area contributed by atoms with Crippen LogP contribution in [0.5, 0.6) is 0 Å². The van der Waals surface area contributed by atoms with Crippen LogP contribution >= 0.6 is 23.1 Å². The van der Waals surface area contributed by atoms with Gasteiger partial charge in [0.2, 0.25) is 5.91 Å². The predicted octanol–water partition coefficient (Wildman–Crippen LogP) is 4.68. The van der Waals surface area contributed by atoms with Crippen molar-refractivity contribution in [3.05, 3.63) is 52.3 Å². The lowest BCUT2D eigenvalue weighted by Gasteiger charge is -2.05. The highest BCUT2D eigenvalue weighted by atomic mass is 32.2. The topological polar surface area (TPSA) is 81.4 Å². The van der Waals surface area contributed by atoms with E-state index in [0.717, 1.165) is 22.2 Å². The molecule has 2 aromatic heterocycles. The molecule has 6 nitrogen and oxygen atoms in total. The molecular weight excluding hydrogens is 403 g/mol. The van der Waals surface area contributed by atoms with E-state index in [-0.39, 0.29) is 17.5 Å². The van der Waals surface area contributed by atoms with E-state index in [9.17, 15) is 14.0 Å². The van der Waals surface area contributed by atoms with Gasteiger partial charge in [-0.3, -0.25) is 4.79 Å². The van der Waals surface area contributed by atoms with Crippen molar-refractivity contribution in [1.29, 1.82) is 0 Å². The van der Waals surface area contributed by atoms with Gasteiger partial charge in [-0.05, 0) is 43.7 Å². The normalized spacial score (nSPS) is 10.7. The van der Waals surface area contributed by atoms with Gasteiger partial charge in [0.1, 0.15) is 10.8 Å². The summed E-state index contributed by atoms with van der Waals surface area (Å²) in [4.78, 5) is 29.3. The molecule has 0 saturated carbocycles. The average molecular weight is 420 g/mol. The second-order valence-corrected chi connectivity index (χ2v) is 7.96. The minimum Gasteiger partial charge on any atom is -0.465 e. The molecule has 1 aromatic carbocycles. The van der Waals surface area contributed by atoms with Gasteiger partial charge in [-0.25, -0.2) is 14.2 Å². The van der Waals surface area contributed by atoms with Crippen LogP contribution in [0.2, 0.25) is 0 Å². The van der Waals surface area contributed by atoms with Crippen LogP contribution in [0, 0.1) is 19.7 Å². The minimum absolute atomic E-state index is 0.0555. The quantitative estimate of drug-likeness (QED) is 0.461. The van der Waals surface area contributed by atoms with E-state index >= 15 is 0 Å². The molecule has 1 amide bonds. The fraction of sp³-hybridized carbons (Fsp3) is 0.211. The molecule has 2 heterocycles. The Morgan fingerprint density at radius 3 is 2.68 bits per heavy atom. The van der Waals surface area contributed by atoms with Gasteiger partial charge >= 0.3 is 5.97 Å². The number of nitrogens with one attached hydrogen (secondary N) is 1. The number of nitrogens with zero attached hydrogens (tertiary/aromatic N) is 1. The largest absolute Gasteiger partial charge is 0.465 e. The molecule has 3 aromatic rings. The summed E-state index contributed by atoms with van der Waals surface area (Å²) in [5.74, 6) is -0.570. The number of aromatic nitrogens is 1. The molecule has 146 valence electrons. The maximum Gasteiger partial charge on any atom is 0.341 e. The number of hydrogen-bond acceptors (Lipinski definition) is 7. The Kier molecular flexibility index (Phi) is 6.15. The third-order valence-electron chi connectivity index (χ3n) is 3.97. The molecule has 28 heavy (non-hydrogen) atoms. The van der Waals surface area contributed by atoms with Crippen LogP contribution < -0.4 is 5.32 Å². The number of aryl methyl sites for hydroxylation is 1. The van der Waals surface area contributed by atoms with Crippen LogP contribution in [0.15, 0.2) is 40.1 Å². The third kappa shape index (κ3) is 4.42. The van der Waals surface area contributed by atoms with Crippen molar-refractivity contribution in [2.45, 2.75) is 19.1 Å². The Hall–Kier alpha value is -2.65. The fourth-order valence-corrected chi connectivity index (χ4v) is 4.09. The zero-order valence-corrected chi connectivity index (χ0v) is 17.0. The lowest BCUT2D eigenvalue weighted by Crippen LogP contribution is -2.16. The van der Waals surface area contributed by atoms with E-state index in [4.69, 9.17) is 9.15 Å². The maximum atomic E-state index is 13.0. The number of thioether (sulfide) groups is 1. The highest BCUT2D eigenvalue weighted by molar-refractivity contribution is 7.99. The standard InChI is InChI=1S/C19H17FN2O4S2/c1-10-11(2)28-17(16(10)18(24)25-3)22-15(23)9-27-19-21-8-14(26-19)12-4-6-13(20)7-5-12/h4-8H,9H2,1-3H3,(H,22,23). The molecule has 0 saturated heterocycles. The number of thiophene rings is 1. The van der Waals surface area contributed by atoms with E-state index < -0.39 is 5.97 Å². The Bertz CT molecular complexity index is 1010. The first-order chi connectivity index (χ1) is 13.4. The second kappa shape index (κ2) is 8.57. The lowest BCUT2D eigenvalue weighted by molar-refractivity contribution is -0.113. The van der Waals surface area contributed by atoms with E-state index in [2.05, 4.69) is 10.3 Å². The first-order valence-corrected chi connectivity index (χ1v) is 10.0. The maximum absolute atomic E-state index is 13.0. The molecule has 0 fully saturated rings. The molecule has 0 spiro atoms. The van der Waals surface area contributed by atoms with Gasteiger partial charge in [0.15, 0.2) is 5.76 Å². The Balaban J connectivity index is 1.63. The molecule has 0 aliphatic heterocycles. The number of anilines is 1.